The fourth-order valence-corrected chi connectivity index (χ4v) is 4.41. The van der Waals surface area contributed by atoms with E-state index in [1.807, 2.05) is 30.3 Å². The first-order chi connectivity index (χ1) is 15.0. The summed E-state index contributed by atoms with van der Waals surface area (Å²) in [7, 11) is 2.03. The normalized spacial score (nSPS) is 11.7. The zero-order chi connectivity index (χ0) is 22.2. The van der Waals surface area contributed by atoms with E-state index >= 15 is 0 Å². The van der Waals surface area contributed by atoms with Crippen LogP contribution in [0.5, 0.6) is 11.5 Å². The number of rotatable bonds is 10. The lowest BCUT2D eigenvalue weighted by atomic mass is 10.1. The van der Waals surface area contributed by atoms with E-state index in [4.69, 9.17) is 25.5 Å². The van der Waals surface area contributed by atoms with E-state index in [-0.39, 0.29) is 17.4 Å². The van der Waals surface area contributed by atoms with Gasteiger partial charge in [-0.05, 0) is 60.0 Å². The fraction of sp³-hybridized carbons (Fsp3) is 0.261. The highest BCUT2D eigenvalue weighted by molar-refractivity contribution is 7.83. The number of benzene rings is 2. The summed E-state index contributed by atoms with van der Waals surface area (Å²) < 4.78 is 28.6. The number of hydrogen-bond donors (Lipinski definition) is 1. The standard InChI is InChI=1S/C23H24ClNO5S/c1-28-19-6-8-21(29-2)17(13-19)10-11-25-23(26)22-9-7-20(30-22)15-31(27)14-16-4-3-5-18(24)12-16/h3-9,12-13H,10-11,14-15H2,1-2H3,(H,25,26)/t31-/m1/s1. The predicted molar refractivity (Wildman–Crippen MR) is 121 cm³/mol. The summed E-state index contributed by atoms with van der Waals surface area (Å²) in [4.78, 5) is 12.4. The Morgan fingerprint density at radius 2 is 1.90 bits per heavy atom. The second kappa shape index (κ2) is 11.0. The van der Waals surface area contributed by atoms with Gasteiger partial charge in [0.15, 0.2) is 5.76 Å². The van der Waals surface area contributed by atoms with Crippen molar-refractivity contribution in [3.8, 4) is 11.5 Å². The van der Waals surface area contributed by atoms with E-state index < -0.39 is 10.8 Å². The Labute approximate surface area is 189 Å². The molecule has 1 aromatic heterocycles. The summed E-state index contributed by atoms with van der Waals surface area (Å²) >= 11 is 5.96. The van der Waals surface area contributed by atoms with Crippen LogP contribution in [0, 0.1) is 0 Å². The molecule has 164 valence electrons. The lowest BCUT2D eigenvalue weighted by Gasteiger charge is -2.10. The van der Waals surface area contributed by atoms with Gasteiger partial charge in [0.25, 0.3) is 5.91 Å². The van der Waals surface area contributed by atoms with E-state index in [1.54, 1.807) is 38.5 Å². The molecule has 0 bridgehead atoms. The van der Waals surface area contributed by atoms with Crippen molar-refractivity contribution in [2.75, 3.05) is 20.8 Å². The SMILES string of the molecule is COc1ccc(OC)c(CCNC(=O)c2ccc(C[S@](=O)Cc3cccc(Cl)c3)o2)c1. The maximum atomic E-state index is 12.4. The van der Waals surface area contributed by atoms with E-state index in [2.05, 4.69) is 5.32 Å². The van der Waals surface area contributed by atoms with E-state index in [0.717, 1.165) is 22.6 Å². The molecule has 1 amide bonds. The Morgan fingerprint density at radius 3 is 2.65 bits per heavy atom. The van der Waals surface area contributed by atoms with Crippen molar-refractivity contribution >= 4 is 28.3 Å². The number of carbonyl (C=O) groups is 1. The predicted octanol–water partition coefficient (Wildman–Crippen LogP) is 4.37. The first-order valence-electron chi connectivity index (χ1n) is 9.65. The lowest BCUT2D eigenvalue weighted by molar-refractivity contribution is 0.0925. The maximum absolute atomic E-state index is 12.4. The molecule has 31 heavy (non-hydrogen) atoms. The van der Waals surface area contributed by atoms with E-state index in [1.165, 1.54) is 0 Å². The van der Waals surface area contributed by atoms with Crippen molar-refractivity contribution in [1.82, 2.24) is 5.32 Å². The fourth-order valence-electron chi connectivity index (χ4n) is 3.07. The quantitative estimate of drug-likeness (QED) is 0.485. The molecule has 1 atom stereocenters. The number of methoxy groups -OCH3 is 2. The van der Waals surface area contributed by atoms with Crippen LogP contribution in [-0.2, 0) is 28.7 Å². The second-order valence-electron chi connectivity index (χ2n) is 6.81. The van der Waals surface area contributed by atoms with Crippen LogP contribution in [0.25, 0.3) is 0 Å². The van der Waals surface area contributed by atoms with Crippen molar-refractivity contribution < 1.29 is 22.9 Å². The largest absolute Gasteiger partial charge is 0.497 e. The van der Waals surface area contributed by atoms with Gasteiger partial charge in [-0.15, -0.1) is 0 Å². The molecule has 2 aromatic carbocycles. The van der Waals surface area contributed by atoms with Gasteiger partial charge in [0, 0.05) is 28.1 Å². The van der Waals surface area contributed by atoms with Gasteiger partial charge in [-0.1, -0.05) is 23.7 Å². The molecule has 0 saturated heterocycles. The van der Waals surface area contributed by atoms with Crippen LogP contribution in [0.1, 0.15) is 27.4 Å². The van der Waals surface area contributed by atoms with Crippen molar-refractivity contribution in [2.24, 2.45) is 0 Å². The number of nitrogens with one attached hydrogen (secondary N) is 1. The molecular formula is C23H24ClNO5S. The third kappa shape index (κ3) is 6.60. The number of carbonyl (C=O) groups excluding carboxylic acids is 1. The van der Waals surface area contributed by atoms with Crippen LogP contribution in [0.4, 0.5) is 0 Å². The van der Waals surface area contributed by atoms with Gasteiger partial charge in [-0.3, -0.25) is 9.00 Å². The molecule has 1 N–H and O–H groups in total. The first-order valence-corrected chi connectivity index (χ1v) is 11.5. The number of furan rings is 1. The number of ether oxygens (including phenoxy) is 2. The van der Waals surface area contributed by atoms with Crippen molar-refractivity contribution in [3.63, 3.8) is 0 Å². The summed E-state index contributed by atoms with van der Waals surface area (Å²) in [5.74, 6) is 2.41. The summed E-state index contributed by atoms with van der Waals surface area (Å²) in [6, 6.07) is 16.1. The molecule has 6 nitrogen and oxygen atoms in total. The summed E-state index contributed by atoms with van der Waals surface area (Å²) in [5, 5.41) is 3.44. The Bertz CT molecular complexity index is 1070. The zero-order valence-corrected chi connectivity index (χ0v) is 18.9. The number of amides is 1. The summed E-state index contributed by atoms with van der Waals surface area (Å²) in [5.41, 5.74) is 1.82. The minimum absolute atomic E-state index is 0.187. The van der Waals surface area contributed by atoms with E-state index in [9.17, 15) is 9.00 Å². The monoisotopic (exact) mass is 461 g/mol. The molecule has 0 aliphatic carbocycles. The molecule has 0 aliphatic heterocycles. The van der Waals surface area contributed by atoms with Crippen LogP contribution >= 0.6 is 11.6 Å². The average Bonchev–Trinajstić information content (AvgIpc) is 3.22. The minimum atomic E-state index is -1.18. The van der Waals surface area contributed by atoms with Gasteiger partial charge in [0.05, 0.1) is 20.0 Å². The number of halogens is 1. The Balaban J connectivity index is 1.51. The molecule has 1 heterocycles. The third-order valence-corrected chi connectivity index (χ3v) is 6.07. The Morgan fingerprint density at radius 1 is 1.06 bits per heavy atom. The highest BCUT2D eigenvalue weighted by Crippen LogP contribution is 2.24. The van der Waals surface area contributed by atoms with Crippen LogP contribution in [-0.4, -0.2) is 30.9 Å². The Hall–Kier alpha value is -2.77. The molecular weight excluding hydrogens is 438 g/mol. The molecule has 0 fully saturated rings. The highest BCUT2D eigenvalue weighted by atomic mass is 35.5. The Kier molecular flexibility index (Phi) is 8.14. The molecule has 0 spiro atoms. The average molecular weight is 462 g/mol. The van der Waals surface area contributed by atoms with Crippen LogP contribution in [0.3, 0.4) is 0 Å². The van der Waals surface area contributed by atoms with Gasteiger partial charge in [-0.2, -0.15) is 0 Å². The van der Waals surface area contributed by atoms with Crippen LogP contribution < -0.4 is 14.8 Å². The van der Waals surface area contributed by atoms with Crippen molar-refractivity contribution in [3.05, 3.63) is 82.3 Å². The molecule has 3 rings (SSSR count). The second-order valence-corrected chi connectivity index (χ2v) is 8.70. The summed E-state index contributed by atoms with van der Waals surface area (Å²) in [6.45, 7) is 0.402. The molecule has 0 aliphatic rings. The van der Waals surface area contributed by atoms with E-state index in [0.29, 0.717) is 29.5 Å². The van der Waals surface area contributed by atoms with Crippen molar-refractivity contribution in [2.45, 2.75) is 17.9 Å². The minimum Gasteiger partial charge on any atom is -0.497 e. The number of hydrogen-bond acceptors (Lipinski definition) is 5. The van der Waals surface area contributed by atoms with Crippen LogP contribution in [0.15, 0.2) is 59.0 Å². The van der Waals surface area contributed by atoms with Gasteiger partial charge in [0.1, 0.15) is 17.3 Å². The maximum Gasteiger partial charge on any atom is 0.287 e. The van der Waals surface area contributed by atoms with Gasteiger partial charge >= 0.3 is 0 Å². The summed E-state index contributed by atoms with van der Waals surface area (Å²) in [6.07, 6.45) is 0.573. The smallest absolute Gasteiger partial charge is 0.287 e. The van der Waals surface area contributed by atoms with Gasteiger partial charge in [-0.25, -0.2) is 0 Å². The highest BCUT2D eigenvalue weighted by Gasteiger charge is 2.14. The molecule has 0 saturated carbocycles. The van der Waals surface area contributed by atoms with Gasteiger partial charge in [0.2, 0.25) is 0 Å². The van der Waals surface area contributed by atoms with Gasteiger partial charge < -0.3 is 19.2 Å². The van der Waals surface area contributed by atoms with Crippen molar-refractivity contribution in [1.29, 1.82) is 0 Å². The molecule has 8 heteroatoms. The molecule has 3 aromatic rings. The molecule has 0 radical (unpaired) electrons. The first kappa shape index (κ1) is 22.9. The van der Waals surface area contributed by atoms with Crippen LogP contribution in [0.2, 0.25) is 5.02 Å². The topological polar surface area (TPSA) is 77.8 Å². The molecule has 0 unspecified atom stereocenters. The third-order valence-electron chi connectivity index (χ3n) is 4.57. The zero-order valence-electron chi connectivity index (χ0n) is 17.4. The lowest BCUT2D eigenvalue weighted by Crippen LogP contribution is -2.25.